The first-order valence-corrected chi connectivity index (χ1v) is 7.26. The van der Waals surface area contributed by atoms with Gasteiger partial charge in [0.15, 0.2) is 0 Å². The second-order valence-electron chi connectivity index (χ2n) is 5.96. The molecule has 19 heavy (non-hydrogen) atoms. The van der Waals surface area contributed by atoms with Crippen LogP contribution in [0.25, 0.3) is 0 Å². The molecular weight excluding hydrogens is 236 g/mol. The monoisotopic (exact) mass is 260 g/mol. The highest BCUT2D eigenvalue weighted by Gasteiger charge is 2.30. The van der Waals surface area contributed by atoms with Gasteiger partial charge in [-0.15, -0.1) is 0 Å². The van der Waals surface area contributed by atoms with E-state index in [2.05, 4.69) is 19.9 Å². The first kappa shape index (κ1) is 14.1. The fourth-order valence-electron chi connectivity index (χ4n) is 3.09. The lowest BCUT2D eigenvalue weighted by molar-refractivity contribution is -0.125. The zero-order chi connectivity index (χ0) is 13.8. The van der Waals surface area contributed by atoms with Crippen molar-refractivity contribution in [2.75, 3.05) is 7.11 Å². The van der Waals surface area contributed by atoms with Crippen molar-refractivity contribution in [3.63, 3.8) is 0 Å². The summed E-state index contributed by atoms with van der Waals surface area (Å²) in [4.78, 5) is 12.1. The first-order valence-electron chi connectivity index (χ1n) is 7.26. The zero-order valence-corrected chi connectivity index (χ0v) is 12.2. The fraction of sp³-hybridized carbons (Fsp3) is 0.588. The summed E-state index contributed by atoms with van der Waals surface area (Å²) in [6.07, 6.45) is 3.68. The summed E-state index contributed by atoms with van der Waals surface area (Å²) in [6, 6.07) is 8.04. The molecule has 2 rings (SSSR count). The summed E-state index contributed by atoms with van der Waals surface area (Å²) in [5.41, 5.74) is 1.16. The molecule has 0 aliphatic heterocycles. The largest absolute Gasteiger partial charge is 0.496 e. The van der Waals surface area contributed by atoms with Crippen LogP contribution in [0.2, 0.25) is 0 Å². The van der Waals surface area contributed by atoms with Gasteiger partial charge in [-0.2, -0.15) is 0 Å². The van der Waals surface area contributed by atoms with E-state index in [1.54, 1.807) is 7.11 Å². The van der Waals surface area contributed by atoms with Crippen LogP contribution in [-0.4, -0.2) is 12.9 Å². The summed E-state index contributed by atoms with van der Waals surface area (Å²) < 4.78 is 5.39. The summed E-state index contributed by atoms with van der Waals surface area (Å²) in [5, 5.41) is 0. The third-order valence-corrected chi connectivity index (χ3v) is 4.41. The molecule has 0 spiro atoms. The van der Waals surface area contributed by atoms with Crippen LogP contribution in [-0.2, 0) is 11.2 Å². The number of carbonyl (C=O) groups is 1. The van der Waals surface area contributed by atoms with E-state index in [1.165, 1.54) is 0 Å². The summed E-state index contributed by atoms with van der Waals surface area (Å²) in [7, 11) is 1.69. The molecule has 0 radical (unpaired) electrons. The van der Waals surface area contributed by atoms with Crippen LogP contribution in [0.5, 0.6) is 5.75 Å². The van der Waals surface area contributed by atoms with Gasteiger partial charge in [-0.1, -0.05) is 32.0 Å². The lowest BCUT2D eigenvalue weighted by Crippen LogP contribution is -2.29. The molecule has 0 bridgehead atoms. The first-order chi connectivity index (χ1) is 9.11. The maximum absolute atomic E-state index is 12.1. The average Bonchev–Trinajstić information content (AvgIpc) is 2.41. The number of para-hydroxylation sites is 1. The minimum absolute atomic E-state index is 0.178. The molecular formula is C17H24O2. The Bertz CT molecular complexity index is 437. The van der Waals surface area contributed by atoms with Gasteiger partial charge in [0.05, 0.1) is 7.11 Å². The predicted molar refractivity (Wildman–Crippen MR) is 77.4 cm³/mol. The van der Waals surface area contributed by atoms with Crippen molar-refractivity contribution in [3.05, 3.63) is 29.8 Å². The van der Waals surface area contributed by atoms with Crippen molar-refractivity contribution in [1.82, 2.24) is 0 Å². The molecule has 0 saturated heterocycles. The molecule has 1 aromatic rings. The van der Waals surface area contributed by atoms with Crippen molar-refractivity contribution in [2.24, 2.45) is 17.8 Å². The third kappa shape index (κ3) is 3.37. The molecule has 2 nitrogen and oxygen atoms in total. The van der Waals surface area contributed by atoms with Gasteiger partial charge in [-0.05, 0) is 42.7 Å². The van der Waals surface area contributed by atoms with Crippen molar-refractivity contribution < 1.29 is 9.53 Å². The van der Waals surface area contributed by atoms with E-state index in [9.17, 15) is 4.79 Å². The van der Waals surface area contributed by atoms with Crippen LogP contribution in [0.4, 0.5) is 0 Å². The van der Waals surface area contributed by atoms with Crippen LogP contribution in [0.15, 0.2) is 24.3 Å². The quantitative estimate of drug-likeness (QED) is 0.821. The number of methoxy groups -OCH3 is 1. The minimum atomic E-state index is 0.178. The lowest BCUT2D eigenvalue weighted by Gasteiger charge is -2.31. The second-order valence-corrected chi connectivity index (χ2v) is 5.96. The number of carbonyl (C=O) groups excluding carboxylic acids is 1. The van der Waals surface area contributed by atoms with E-state index in [0.29, 0.717) is 17.6 Å². The van der Waals surface area contributed by atoms with Crippen molar-refractivity contribution in [1.29, 1.82) is 0 Å². The van der Waals surface area contributed by atoms with Crippen molar-refractivity contribution in [2.45, 2.75) is 39.5 Å². The van der Waals surface area contributed by atoms with E-state index in [0.717, 1.165) is 37.0 Å². The number of hydrogen-bond acceptors (Lipinski definition) is 2. The van der Waals surface area contributed by atoms with Gasteiger partial charge in [-0.3, -0.25) is 4.79 Å². The molecule has 104 valence electrons. The number of hydrogen-bond donors (Lipinski definition) is 0. The maximum atomic E-state index is 12.1. The van der Waals surface area contributed by atoms with Crippen LogP contribution in [0.3, 0.4) is 0 Å². The van der Waals surface area contributed by atoms with Crippen molar-refractivity contribution >= 4 is 5.78 Å². The number of ketones is 1. The Morgan fingerprint density at radius 1 is 1.32 bits per heavy atom. The number of Topliss-reactive ketones (excluding diaryl/α,β-unsaturated/α-hetero) is 1. The molecule has 0 N–H and O–H groups in total. The molecule has 2 unspecified atom stereocenters. The average molecular weight is 260 g/mol. The zero-order valence-electron chi connectivity index (χ0n) is 12.2. The van der Waals surface area contributed by atoms with E-state index in [1.807, 2.05) is 18.2 Å². The molecule has 1 aromatic carbocycles. The third-order valence-electron chi connectivity index (χ3n) is 4.41. The Morgan fingerprint density at radius 2 is 2.05 bits per heavy atom. The molecule has 1 aliphatic rings. The lowest BCUT2D eigenvalue weighted by atomic mass is 9.73. The van der Waals surface area contributed by atoms with Gasteiger partial charge in [0.2, 0.25) is 0 Å². The molecule has 2 atom stereocenters. The molecule has 1 saturated carbocycles. The molecule has 2 heteroatoms. The Labute approximate surface area is 116 Å². The van der Waals surface area contributed by atoms with Gasteiger partial charge >= 0.3 is 0 Å². The Kier molecular flexibility index (Phi) is 4.62. The van der Waals surface area contributed by atoms with Crippen LogP contribution < -0.4 is 4.74 Å². The smallest absolute Gasteiger partial charge is 0.136 e. The SMILES string of the molecule is COc1ccccc1CC1CC(C(C)C)CCC1=O. The standard InChI is InChI=1S/C17H24O2/c1-12(2)13-8-9-16(18)15(10-13)11-14-6-4-5-7-17(14)19-3/h4-7,12-13,15H,8-11H2,1-3H3. The summed E-state index contributed by atoms with van der Waals surface area (Å²) in [6.45, 7) is 4.53. The van der Waals surface area contributed by atoms with E-state index >= 15 is 0 Å². The predicted octanol–water partition coefficient (Wildman–Crippen LogP) is 3.88. The van der Waals surface area contributed by atoms with Crippen LogP contribution in [0.1, 0.15) is 38.7 Å². The van der Waals surface area contributed by atoms with Gasteiger partial charge in [0.25, 0.3) is 0 Å². The second kappa shape index (κ2) is 6.23. The molecule has 1 fully saturated rings. The van der Waals surface area contributed by atoms with Gasteiger partial charge in [0, 0.05) is 12.3 Å². The minimum Gasteiger partial charge on any atom is -0.496 e. The number of ether oxygens (including phenoxy) is 1. The van der Waals surface area contributed by atoms with Gasteiger partial charge in [0.1, 0.15) is 11.5 Å². The van der Waals surface area contributed by atoms with Gasteiger partial charge < -0.3 is 4.74 Å². The molecule has 0 aromatic heterocycles. The molecule has 1 aliphatic carbocycles. The number of rotatable bonds is 4. The summed E-state index contributed by atoms with van der Waals surface area (Å²) >= 11 is 0. The topological polar surface area (TPSA) is 26.3 Å². The highest BCUT2D eigenvalue weighted by molar-refractivity contribution is 5.82. The highest BCUT2D eigenvalue weighted by Crippen LogP contribution is 2.34. The van der Waals surface area contributed by atoms with Crippen molar-refractivity contribution in [3.8, 4) is 5.75 Å². The van der Waals surface area contributed by atoms with E-state index < -0.39 is 0 Å². The number of benzene rings is 1. The Hall–Kier alpha value is -1.31. The highest BCUT2D eigenvalue weighted by atomic mass is 16.5. The molecule has 0 amide bonds. The molecule has 0 heterocycles. The van der Waals surface area contributed by atoms with E-state index in [4.69, 9.17) is 4.74 Å². The maximum Gasteiger partial charge on any atom is 0.136 e. The fourth-order valence-corrected chi connectivity index (χ4v) is 3.09. The van der Waals surface area contributed by atoms with Crippen LogP contribution in [0, 0.1) is 17.8 Å². The van der Waals surface area contributed by atoms with Gasteiger partial charge in [-0.25, -0.2) is 0 Å². The normalized spacial score (nSPS) is 23.7. The van der Waals surface area contributed by atoms with E-state index in [-0.39, 0.29) is 5.92 Å². The Balaban J connectivity index is 2.10. The van der Waals surface area contributed by atoms with Crippen LogP contribution >= 0.6 is 0 Å². The summed E-state index contributed by atoms with van der Waals surface area (Å²) in [5.74, 6) is 2.88. The Morgan fingerprint density at radius 3 is 2.74 bits per heavy atom.